The number of fused-ring (bicyclic) bond motifs is 7. The molecule has 0 amide bonds. The summed E-state index contributed by atoms with van der Waals surface area (Å²) < 4.78 is 2.64. The number of benzene rings is 8. The van der Waals surface area contributed by atoms with Crippen molar-refractivity contribution >= 4 is 67.2 Å². The number of nitrogens with zero attached hydrogens (tertiary/aromatic N) is 2. The summed E-state index contributed by atoms with van der Waals surface area (Å²) in [6.07, 6.45) is 0. The molecule has 0 bridgehead atoms. The maximum Gasteiger partial charge on any atom is 0.422 e. The summed E-state index contributed by atoms with van der Waals surface area (Å²) in [5.74, 6) is 0. The van der Waals surface area contributed by atoms with E-state index in [1.165, 1.54) is 76.8 Å². The minimum atomic E-state index is -0.228. The summed E-state index contributed by atoms with van der Waals surface area (Å²) in [5.41, 5.74) is 10.8. The number of anilines is 2. The Morgan fingerprint density at radius 3 is 1.35 bits per heavy atom. The van der Waals surface area contributed by atoms with E-state index in [-0.39, 0.29) is 6.98 Å². The van der Waals surface area contributed by atoms with Crippen LogP contribution in [0.25, 0.3) is 65.6 Å². The van der Waals surface area contributed by atoms with Crippen LogP contribution in [0.15, 0.2) is 200 Å². The fourth-order valence-corrected chi connectivity index (χ4v) is 8.34. The van der Waals surface area contributed by atoms with Gasteiger partial charge < -0.3 is 9.29 Å². The molecule has 2 heterocycles. The van der Waals surface area contributed by atoms with Crippen LogP contribution in [0, 0.1) is 0 Å². The minimum Gasteiger partial charge on any atom is -0.360 e. The molecule has 0 saturated carbocycles. The van der Waals surface area contributed by atoms with Gasteiger partial charge in [-0.2, -0.15) is 0 Å². The van der Waals surface area contributed by atoms with Gasteiger partial charge in [0.1, 0.15) is 0 Å². The molecule has 0 spiro atoms. The summed E-state index contributed by atoms with van der Waals surface area (Å²) in [7, 11) is 0. The molecule has 2 nitrogen and oxygen atoms in total. The molecule has 238 valence electrons. The number of rotatable bonds is 4. The van der Waals surface area contributed by atoms with Gasteiger partial charge in [-0.05, 0) is 73.5 Å². The van der Waals surface area contributed by atoms with Crippen molar-refractivity contribution in [1.82, 2.24) is 4.48 Å². The van der Waals surface area contributed by atoms with E-state index in [0.717, 1.165) is 5.69 Å². The predicted molar refractivity (Wildman–Crippen MR) is 219 cm³/mol. The third-order valence-electron chi connectivity index (χ3n) is 10.5. The lowest BCUT2D eigenvalue weighted by Crippen LogP contribution is -2.50. The highest BCUT2D eigenvalue weighted by Crippen LogP contribution is 2.44. The summed E-state index contributed by atoms with van der Waals surface area (Å²) in [6.45, 7) is -0.228. The van der Waals surface area contributed by atoms with Crippen LogP contribution in [0.2, 0.25) is 0 Å². The summed E-state index contributed by atoms with van der Waals surface area (Å²) >= 11 is 0. The maximum atomic E-state index is 2.64. The summed E-state index contributed by atoms with van der Waals surface area (Å²) in [5, 5.41) is 7.37. The molecule has 0 fully saturated rings. The quantitative estimate of drug-likeness (QED) is 0.172. The Kier molecular flexibility index (Phi) is 6.95. The summed E-state index contributed by atoms with van der Waals surface area (Å²) in [6, 6.07) is 73.2. The largest absolute Gasteiger partial charge is 0.422 e. The van der Waals surface area contributed by atoms with Gasteiger partial charge in [-0.3, -0.25) is 0 Å². The maximum absolute atomic E-state index is 2.64. The smallest absolute Gasteiger partial charge is 0.360 e. The van der Waals surface area contributed by atoms with E-state index in [9.17, 15) is 0 Å². The van der Waals surface area contributed by atoms with E-state index in [1.807, 2.05) is 0 Å². The molecule has 0 N–H and O–H groups in total. The van der Waals surface area contributed by atoms with Crippen molar-refractivity contribution in [1.29, 1.82) is 0 Å². The zero-order chi connectivity index (χ0) is 33.7. The van der Waals surface area contributed by atoms with Crippen molar-refractivity contribution in [2.45, 2.75) is 0 Å². The second kappa shape index (κ2) is 12.1. The van der Waals surface area contributed by atoms with Crippen molar-refractivity contribution in [2.75, 3.05) is 4.81 Å². The molecule has 3 heteroatoms. The van der Waals surface area contributed by atoms with Crippen LogP contribution in [-0.2, 0) is 0 Å². The lowest BCUT2D eigenvalue weighted by Gasteiger charge is -2.30. The van der Waals surface area contributed by atoms with Crippen molar-refractivity contribution in [3.05, 3.63) is 200 Å². The van der Waals surface area contributed by atoms with Crippen LogP contribution in [0.3, 0.4) is 0 Å². The zero-order valence-electron chi connectivity index (χ0n) is 28.0. The van der Waals surface area contributed by atoms with E-state index in [4.69, 9.17) is 0 Å². The first kappa shape index (κ1) is 29.4. The number of hydrogen-bond acceptors (Lipinski definition) is 1. The Labute approximate surface area is 297 Å². The highest BCUT2D eigenvalue weighted by Gasteiger charge is 2.41. The van der Waals surface area contributed by atoms with E-state index in [2.05, 4.69) is 209 Å². The van der Waals surface area contributed by atoms with Gasteiger partial charge in [0.2, 0.25) is 0 Å². The fourth-order valence-electron chi connectivity index (χ4n) is 8.34. The third-order valence-corrected chi connectivity index (χ3v) is 10.5. The normalized spacial score (nSPS) is 12.2. The van der Waals surface area contributed by atoms with Crippen LogP contribution in [0.4, 0.5) is 11.4 Å². The lowest BCUT2D eigenvalue weighted by molar-refractivity contribution is 1.31. The van der Waals surface area contributed by atoms with E-state index < -0.39 is 0 Å². The van der Waals surface area contributed by atoms with Crippen LogP contribution in [0.1, 0.15) is 0 Å². The topological polar surface area (TPSA) is 8.17 Å². The van der Waals surface area contributed by atoms with Crippen LogP contribution >= 0.6 is 0 Å². The molecule has 1 aliphatic rings. The molecule has 9 aromatic rings. The highest BCUT2D eigenvalue weighted by molar-refractivity contribution is 6.82. The van der Waals surface area contributed by atoms with Crippen molar-refractivity contribution in [3.63, 3.8) is 0 Å². The average Bonchev–Trinajstić information content (AvgIpc) is 3.57. The molecule has 0 saturated heterocycles. The van der Waals surface area contributed by atoms with Crippen molar-refractivity contribution < 1.29 is 0 Å². The van der Waals surface area contributed by atoms with Gasteiger partial charge in [0, 0.05) is 22.0 Å². The second-order valence-electron chi connectivity index (χ2n) is 13.2. The zero-order valence-corrected chi connectivity index (χ0v) is 28.0. The average molecular weight is 649 g/mol. The number of hydrogen-bond donors (Lipinski definition) is 0. The SMILES string of the molecule is c1ccc(-c2cccc(-c3ccccc3)c2B2N(c3ccccc3)c3cccc4c5ccccc5c5ccccc5c5ccccc5n2c34)cc1. The molecule has 1 aliphatic heterocycles. The van der Waals surface area contributed by atoms with Gasteiger partial charge >= 0.3 is 6.98 Å². The monoisotopic (exact) mass is 648 g/mol. The number of aromatic nitrogens is 1. The second-order valence-corrected chi connectivity index (χ2v) is 13.2. The Morgan fingerprint density at radius 1 is 0.333 bits per heavy atom. The minimum absolute atomic E-state index is 0.228. The molecule has 1 aromatic heterocycles. The molecule has 51 heavy (non-hydrogen) atoms. The van der Waals surface area contributed by atoms with Gasteiger partial charge in [0.15, 0.2) is 0 Å². The predicted octanol–water partition coefficient (Wildman–Crippen LogP) is 12.0. The van der Waals surface area contributed by atoms with Gasteiger partial charge in [-0.25, -0.2) is 0 Å². The first-order valence-corrected chi connectivity index (χ1v) is 17.7. The molecular weight excluding hydrogens is 615 g/mol. The first-order valence-electron chi connectivity index (χ1n) is 17.7. The molecule has 0 atom stereocenters. The molecule has 0 aliphatic carbocycles. The van der Waals surface area contributed by atoms with Crippen LogP contribution < -0.4 is 10.3 Å². The number of para-hydroxylation sites is 3. The highest BCUT2D eigenvalue weighted by atomic mass is 15.2. The lowest BCUT2D eigenvalue weighted by atomic mass is 9.60. The first-order chi connectivity index (χ1) is 25.4. The molecule has 10 rings (SSSR count). The summed E-state index contributed by atoms with van der Waals surface area (Å²) in [4.78, 5) is 2.57. The van der Waals surface area contributed by atoms with Gasteiger partial charge in [-0.15, -0.1) is 0 Å². The fraction of sp³-hybridized carbons (Fsp3) is 0. The van der Waals surface area contributed by atoms with Crippen LogP contribution in [-0.4, -0.2) is 11.5 Å². The molecule has 0 radical (unpaired) electrons. The van der Waals surface area contributed by atoms with Gasteiger partial charge in [0.25, 0.3) is 0 Å². The Balaban J connectivity index is 1.49. The van der Waals surface area contributed by atoms with Gasteiger partial charge in [0.05, 0.1) is 11.2 Å². The van der Waals surface area contributed by atoms with Crippen molar-refractivity contribution in [2.24, 2.45) is 0 Å². The van der Waals surface area contributed by atoms with Crippen molar-refractivity contribution in [3.8, 4) is 22.3 Å². The van der Waals surface area contributed by atoms with Gasteiger partial charge in [-0.1, -0.05) is 176 Å². The molecular formula is C48H33BN2. The van der Waals surface area contributed by atoms with E-state index in [0.29, 0.717) is 0 Å². The standard InChI is InChI=1S/C48H33BN2/c1-4-18-34(19-5-1)37-29-16-30-38(35-20-6-2-7-21-35)47(37)49-50(36-22-8-3-9-23-36)46-33-17-31-44-42-27-13-11-25-40(42)39-24-10-12-26-41(39)43-28-14-15-32-45(43)51(49)48(44)46/h1-33H. The van der Waals surface area contributed by atoms with E-state index >= 15 is 0 Å². The van der Waals surface area contributed by atoms with E-state index in [1.54, 1.807) is 0 Å². The Hall–Kier alpha value is -6.58. The Bertz CT molecular complexity index is 2750. The Morgan fingerprint density at radius 2 is 0.765 bits per heavy atom. The third kappa shape index (κ3) is 4.66. The van der Waals surface area contributed by atoms with Crippen LogP contribution in [0.5, 0.6) is 0 Å². The molecule has 0 unspecified atom stereocenters. The molecule has 8 aromatic carbocycles.